The molecule has 2 N–H and O–H groups in total. The lowest BCUT2D eigenvalue weighted by molar-refractivity contribution is 0.0522. The van der Waals surface area contributed by atoms with Crippen LogP contribution in [0.2, 0.25) is 0 Å². The predicted octanol–water partition coefficient (Wildman–Crippen LogP) is 2.53. The van der Waals surface area contributed by atoms with E-state index in [1.807, 2.05) is 0 Å². The number of rotatable bonds is 3. The molecule has 0 unspecified atom stereocenters. The van der Waals surface area contributed by atoms with Gasteiger partial charge in [0.2, 0.25) is 0 Å². The van der Waals surface area contributed by atoms with Crippen LogP contribution in [0.1, 0.15) is 22.8 Å². The molecule has 0 heterocycles. The second-order valence-corrected chi connectivity index (χ2v) is 4.07. The largest absolute Gasteiger partial charge is 0.494 e. The Morgan fingerprint density at radius 2 is 2.19 bits per heavy atom. The zero-order valence-electron chi connectivity index (χ0n) is 9.46. The number of methoxy groups -OCH3 is 1. The van der Waals surface area contributed by atoms with E-state index in [4.69, 9.17) is 15.2 Å². The van der Waals surface area contributed by atoms with E-state index in [0.717, 1.165) is 5.56 Å². The SMILES string of the molecule is CCOC(=O)c1c(C)cc(Br)c(N)c1OC. The zero-order valence-corrected chi connectivity index (χ0v) is 11.1. The molecule has 1 aromatic carbocycles. The summed E-state index contributed by atoms with van der Waals surface area (Å²) in [7, 11) is 1.47. The van der Waals surface area contributed by atoms with Gasteiger partial charge in [0.05, 0.1) is 19.4 Å². The number of anilines is 1. The van der Waals surface area contributed by atoms with Gasteiger partial charge in [-0.15, -0.1) is 0 Å². The Labute approximate surface area is 103 Å². The van der Waals surface area contributed by atoms with Crippen LogP contribution in [0.4, 0.5) is 5.69 Å². The molecule has 0 atom stereocenters. The highest BCUT2D eigenvalue weighted by Gasteiger charge is 2.20. The highest BCUT2D eigenvalue weighted by Crippen LogP contribution is 2.36. The Hall–Kier alpha value is -1.23. The molecule has 0 bridgehead atoms. The molecule has 0 spiro atoms. The standard InChI is InChI=1S/C11H14BrNO3/c1-4-16-11(14)8-6(2)5-7(12)9(13)10(8)15-3/h5H,4,13H2,1-3H3. The number of carbonyl (C=O) groups is 1. The van der Waals surface area contributed by atoms with Crippen LogP contribution < -0.4 is 10.5 Å². The van der Waals surface area contributed by atoms with Crippen LogP contribution in [-0.4, -0.2) is 19.7 Å². The minimum atomic E-state index is -0.420. The van der Waals surface area contributed by atoms with Crippen molar-refractivity contribution >= 4 is 27.6 Å². The van der Waals surface area contributed by atoms with Gasteiger partial charge in [-0.2, -0.15) is 0 Å². The average molecular weight is 288 g/mol. The van der Waals surface area contributed by atoms with Gasteiger partial charge in [-0.25, -0.2) is 4.79 Å². The van der Waals surface area contributed by atoms with Gasteiger partial charge in [0.1, 0.15) is 5.56 Å². The third-order valence-electron chi connectivity index (χ3n) is 2.15. The minimum Gasteiger partial charge on any atom is -0.494 e. The summed E-state index contributed by atoms with van der Waals surface area (Å²) in [6.45, 7) is 3.87. The van der Waals surface area contributed by atoms with Crippen LogP contribution in [0.3, 0.4) is 0 Å². The van der Waals surface area contributed by atoms with Crippen molar-refractivity contribution < 1.29 is 14.3 Å². The van der Waals surface area contributed by atoms with Crippen LogP contribution in [-0.2, 0) is 4.74 Å². The van der Waals surface area contributed by atoms with Gasteiger partial charge in [0.15, 0.2) is 5.75 Å². The quantitative estimate of drug-likeness (QED) is 0.685. The maximum atomic E-state index is 11.7. The number of esters is 1. The van der Waals surface area contributed by atoms with E-state index in [0.29, 0.717) is 28.1 Å². The number of nitrogens with two attached hydrogens (primary N) is 1. The Balaban J connectivity index is 3.36. The van der Waals surface area contributed by atoms with Crippen molar-refractivity contribution in [3.63, 3.8) is 0 Å². The van der Waals surface area contributed by atoms with Crippen molar-refractivity contribution in [2.75, 3.05) is 19.5 Å². The first-order valence-corrected chi connectivity index (χ1v) is 5.61. The number of halogens is 1. The predicted molar refractivity (Wildman–Crippen MR) is 65.8 cm³/mol. The fourth-order valence-electron chi connectivity index (χ4n) is 1.43. The molecule has 0 aliphatic carbocycles. The number of aryl methyl sites for hydroxylation is 1. The van der Waals surface area contributed by atoms with Gasteiger partial charge in [-0.05, 0) is 41.4 Å². The Morgan fingerprint density at radius 3 is 2.69 bits per heavy atom. The molecule has 0 aromatic heterocycles. The first-order chi connectivity index (χ1) is 7.52. The average Bonchev–Trinajstić information content (AvgIpc) is 2.23. The van der Waals surface area contributed by atoms with E-state index < -0.39 is 5.97 Å². The van der Waals surface area contributed by atoms with E-state index in [-0.39, 0.29) is 0 Å². The molecule has 1 rings (SSSR count). The Bertz CT molecular complexity index is 418. The lowest BCUT2D eigenvalue weighted by Gasteiger charge is -2.14. The van der Waals surface area contributed by atoms with E-state index in [9.17, 15) is 4.79 Å². The lowest BCUT2D eigenvalue weighted by atomic mass is 10.1. The number of benzene rings is 1. The molecule has 88 valence electrons. The van der Waals surface area contributed by atoms with Crippen LogP contribution in [0.15, 0.2) is 10.5 Å². The number of nitrogen functional groups attached to an aromatic ring is 1. The minimum absolute atomic E-state index is 0.317. The van der Waals surface area contributed by atoms with Crippen molar-refractivity contribution in [3.05, 3.63) is 21.7 Å². The summed E-state index contributed by atoms with van der Waals surface area (Å²) in [5, 5.41) is 0. The zero-order chi connectivity index (χ0) is 12.3. The molecule has 16 heavy (non-hydrogen) atoms. The second kappa shape index (κ2) is 5.21. The molecule has 0 fully saturated rings. The monoisotopic (exact) mass is 287 g/mol. The summed E-state index contributed by atoms with van der Waals surface area (Å²) in [6.07, 6.45) is 0. The highest BCUT2D eigenvalue weighted by atomic mass is 79.9. The maximum Gasteiger partial charge on any atom is 0.342 e. The molecule has 5 heteroatoms. The number of hydrogen-bond donors (Lipinski definition) is 1. The molecule has 0 aliphatic rings. The normalized spacial score (nSPS) is 10.0. The summed E-state index contributed by atoms with van der Waals surface area (Å²) >= 11 is 3.30. The molecule has 0 saturated carbocycles. The van der Waals surface area contributed by atoms with E-state index >= 15 is 0 Å². The highest BCUT2D eigenvalue weighted by molar-refractivity contribution is 9.10. The summed E-state index contributed by atoms with van der Waals surface area (Å²) in [5.41, 5.74) is 7.36. The van der Waals surface area contributed by atoms with Crippen LogP contribution in [0.5, 0.6) is 5.75 Å². The Morgan fingerprint density at radius 1 is 1.56 bits per heavy atom. The molecule has 1 aromatic rings. The Kier molecular flexibility index (Phi) is 4.18. The van der Waals surface area contributed by atoms with E-state index in [1.54, 1.807) is 19.9 Å². The summed E-state index contributed by atoms with van der Waals surface area (Å²) < 4.78 is 10.8. The fraction of sp³-hybridized carbons (Fsp3) is 0.364. The van der Waals surface area contributed by atoms with Crippen LogP contribution in [0, 0.1) is 6.92 Å². The maximum absolute atomic E-state index is 11.7. The molecule has 0 radical (unpaired) electrons. The van der Waals surface area contributed by atoms with Crippen LogP contribution in [0.25, 0.3) is 0 Å². The first-order valence-electron chi connectivity index (χ1n) is 4.82. The molecule has 0 saturated heterocycles. The fourth-order valence-corrected chi connectivity index (χ4v) is 1.95. The first kappa shape index (κ1) is 12.8. The smallest absolute Gasteiger partial charge is 0.342 e. The molecular formula is C11H14BrNO3. The summed E-state index contributed by atoms with van der Waals surface area (Å²) in [6, 6.07) is 1.77. The van der Waals surface area contributed by atoms with E-state index in [2.05, 4.69) is 15.9 Å². The summed E-state index contributed by atoms with van der Waals surface area (Å²) in [5.74, 6) is -0.0682. The second-order valence-electron chi connectivity index (χ2n) is 3.22. The number of carbonyl (C=O) groups excluding carboxylic acids is 1. The number of ether oxygens (including phenoxy) is 2. The van der Waals surface area contributed by atoms with Crippen LogP contribution >= 0.6 is 15.9 Å². The lowest BCUT2D eigenvalue weighted by Crippen LogP contribution is -2.10. The van der Waals surface area contributed by atoms with Gasteiger partial charge in [0.25, 0.3) is 0 Å². The van der Waals surface area contributed by atoms with Crippen molar-refractivity contribution in [2.45, 2.75) is 13.8 Å². The third kappa shape index (κ3) is 2.29. The van der Waals surface area contributed by atoms with Gasteiger partial charge in [-0.3, -0.25) is 0 Å². The van der Waals surface area contributed by atoms with Gasteiger partial charge < -0.3 is 15.2 Å². The molecule has 0 aliphatic heterocycles. The molecular weight excluding hydrogens is 274 g/mol. The van der Waals surface area contributed by atoms with Gasteiger partial charge >= 0.3 is 5.97 Å². The van der Waals surface area contributed by atoms with Gasteiger partial charge in [0, 0.05) is 4.47 Å². The van der Waals surface area contributed by atoms with Gasteiger partial charge in [-0.1, -0.05) is 0 Å². The molecule has 4 nitrogen and oxygen atoms in total. The van der Waals surface area contributed by atoms with Crippen molar-refractivity contribution in [1.82, 2.24) is 0 Å². The van der Waals surface area contributed by atoms with Crippen molar-refractivity contribution in [2.24, 2.45) is 0 Å². The van der Waals surface area contributed by atoms with E-state index in [1.165, 1.54) is 7.11 Å². The third-order valence-corrected chi connectivity index (χ3v) is 2.81. The van der Waals surface area contributed by atoms with Crippen molar-refractivity contribution in [1.29, 1.82) is 0 Å². The number of hydrogen-bond acceptors (Lipinski definition) is 4. The topological polar surface area (TPSA) is 61.5 Å². The molecule has 0 amide bonds. The summed E-state index contributed by atoms with van der Waals surface area (Å²) in [4.78, 5) is 11.7. The van der Waals surface area contributed by atoms with Crippen molar-refractivity contribution in [3.8, 4) is 5.75 Å².